The Morgan fingerprint density at radius 3 is 1.53 bits per heavy atom. The zero-order chi connectivity index (χ0) is 48.6. The SMILES string of the molecule is C1CCOC1.CCOC(=O)c1cccc(Oc2nc3c(c(=O)n(C)c(=O)n3C)n2Cc2cccc(Br)c2)c1.Cn1c(=O)c2c(nc(Oc3cccc(CO)c3)n2Cc2cccc(Br)c2)n(C)c1=O.[B].[H-].[Li+]. The molecule has 22 heteroatoms. The summed E-state index contributed by atoms with van der Waals surface area (Å²) >= 11 is 6.92. The number of fused-ring (bicyclic) bond motifs is 2. The van der Waals surface area contributed by atoms with Gasteiger partial charge in [0.15, 0.2) is 22.3 Å². The van der Waals surface area contributed by atoms with Crippen molar-refractivity contribution in [3.8, 4) is 23.5 Å². The predicted octanol–water partition coefficient (Wildman–Crippen LogP) is 3.28. The molecule has 0 spiro atoms. The molecule has 8 aromatic rings. The van der Waals surface area contributed by atoms with Crippen molar-refractivity contribution in [3.63, 3.8) is 0 Å². The molecular formula is C48H49BBr2LiN8O10. The average Bonchev–Trinajstić information content (AvgIpc) is 4.11. The number of esters is 1. The number of carbonyl (C=O) groups excluding carboxylic acids is 1. The van der Waals surface area contributed by atoms with E-state index in [9.17, 15) is 29.1 Å². The van der Waals surface area contributed by atoms with Gasteiger partial charge in [-0.15, -0.1) is 0 Å². The van der Waals surface area contributed by atoms with E-state index in [1.807, 2.05) is 48.5 Å². The van der Waals surface area contributed by atoms with Gasteiger partial charge in [-0.25, -0.2) is 14.4 Å². The molecule has 359 valence electrons. The molecule has 0 aliphatic carbocycles. The van der Waals surface area contributed by atoms with Gasteiger partial charge in [-0.05, 0) is 91.1 Å². The molecule has 0 bridgehead atoms. The van der Waals surface area contributed by atoms with Gasteiger partial charge in [0.2, 0.25) is 0 Å². The van der Waals surface area contributed by atoms with Crippen LogP contribution in [0.15, 0.2) is 125 Å². The van der Waals surface area contributed by atoms with Gasteiger partial charge < -0.3 is 25.5 Å². The van der Waals surface area contributed by atoms with E-state index in [2.05, 4.69) is 41.8 Å². The molecule has 1 saturated heterocycles. The van der Waals surface area contributed by atoms with Crippen molar-refractivity contribution < 1.29 is 49.1 Å². The number of aliphatic hydroxyl groups is 1. The molecule has 70 heavy (non-hydrogen) atoms. The monoisotopic (exact) mass is 1070 g/mol. The first-order chi connectivity index (χ1) is 32.7. The number of aliphatic hydroxyl groups excluding tert-OH is 1. The van der Waals surface area contributed by atoms with Gasteiger partial charge in [0.05, 0.1) is 31.9 Å². The van der Waals surface area contributed by atoms with Crippen LogP contribution in [-0.4, -0.2) is 76.7 Å². The van der Waals surface area contributed by atoms with Crippen molar-refractivity contribution in [2.75, 3.05) is 19.8 Å². The van der Waals surface area contributed by atoms with E-state index in [-0.39, 0.29) is 82.8 Å². The van der Waals surface area contributed by atoms with E-state index >= 15 is 0 Å². The van der Waals surface area contributed by atoms with Crippen LogP contribution in [0.25, 0.3) is 22.3 Å². The van der Waals surface area contributed by atoms with Crippen molar-refractivity contribution in [2.24, 2.45) is 28.2 Å². The smallest absolute Gasteiger partial charge is 1.00 e. The predicted molar refractivity (Wildman–Crippen MR) is 269 cm³/mol. The maximum atomic E-state index is 13.0. The standard InChI is InChI=1S/C23H21BrN4O5.C21H19BrN4O4.C4H8O.B.Li.H/c1-4-32-21(30)15-8-6-10-17(12-15)33-22-25-19-18(20(29)27(3)23(31)26(19)2)28(22)13-14-7-5-9-16(24)11-14;1-24-18-17(19(28)25(2)21(24)29)26(11-13-5-3-7-15(22)9-13)20(23-18)30-16-8-4-6-14(10-16)12-27;1-2-4-5-3-1;;;/h5-12H,4,13H2,1-3H3;3-10,27H,11-12H2,1-2H3;1-4H2;;;/q;;;;+1;-1. The maximum absolute atomic E-state index is 13.0. The van der Waals surface area contributed by atoms with Gasteiger partial charge in [0.1, 0.15) is 11.5 Å². The number of ether oxygens (including phenoxy) is 4. The molecule has 0 saturated carbocycles. The van der Waals surface area contributed by atoms with Crippen LogP contribution in [-0.2, 0) is 57.4 Å². The first-order valence-corrected chi connectivity index (χ1v) is 23.0. The molecule has 5 heterocycles. The third-order valence-corrected chi connectivity index (χ3v) is 11.7. The number of imidazole rings is 2. The van der Waals surface area contributed by atoms with Crippen molar-refractivity contribution in [1.29, 1.82) is 0 Å². The largest absolute Gasteiger partial charge is 1.00 e. The van der Waals surface area contributed by atoms with Crippen molar-refractivity contribution in [2.45, 2.75) is 39.5 Å². The Balaban J connectivity index is 0.000000271. The Labute approximate surface area is 433 Å². The summed E-state index contributed by atoms with van der Waals surface area (Å²) in [5.74, 6) is 0.337. The summed E-state index contributed by atoms with van der Waals surface area (Å²) in [6.45, 7) is 4.45. The average molecular weight is 1080 g/mol. The van der Waals surface area contributed by atoms with Gasteiger partial charge in [0, 0.05) is 58.8 Å². The fourth-order valence-corrected chi connectivity index (χ4v) is 8.16. The van der Waals surface area contributed by atoms with Gasteiger partial charge in [-0.3, -0.25) is 37.0 Å². The normalized spacial score (nSPS) is 11.7. The first kappa shape index (κ1) is 54.7. The summed E-state index contributed by atoms with van der Waals surface area (Å²) < 4.78 is 31.8. The molecule has 0 amide bonds. The molecule has 4 aromatic heterocycles. The number of rotatable bonds is 11. The van der Waals surface area contributed by atoms with E-state index in [0.717, 1.165) is 42.4 Å². The second kappa shape index (κ2) is 24.6. The van der Waals surface area contributed by atoms with Crippen molar-refractivity contribution in [3.05, 3.63) is 170 Å². The van der Waals surface area contributed by atoms with Gasteiger partial charge in [-0.2, -0.15) is 9.97 Å². The Morgan fingerprint density at radius 1 is 0.657 bits per heavy atom. The summed E-state index contributed by atoms with van der Waals surface area (Å²) in [6.07, 6.45) is 2.56. The van der Waals surface area contributed by atoms with E-state index in [0.29, 0.717) is 29.2 Å². The minimum Gasteiger partial charge on any atom is -1.00 e. The minimum absolute atomic E-state index is 0. The molecule has 0 unspecified atom stereocenters. The molecule has 1 fully saturated rings. The second-order valence-corrected chi connectivity index (χ2v) is 17.4. The molecular weight excluding hydrogens is 1030 g/mol. The van der Waals surface area contributed by atoms with Crippen molar-refractivity contribution >= 4 is 68.6 Å². The summed E-state index contributed by atoms with van der Waals surface area (Å²) in [6, 6.07) is 29.0. The Morgan fingerprint density at radius 2 is 1.10 bits per heavy atom. The van der Waals surface area contributed by atoms with Crippen LogP contribution in [0.4, 0.5) is 0 Å². The van der Waals surface area contributed by atoms with E-state index in [1.165, 1.54) is 42.1 Å². The van der Waals surface area contributed by atoms with Crippen LogP contribution in [0.5, 0.6) is 23.5 Å². The van der Waals surface area contributed by atoms with E-state index in [1.54, 1.807) is 72.6 Å². The van der Waals surface area contributed by atoms with Crippen LogP contribution in [0.2, 0.25) is 0 Å². The molecule has 3 radical (unpaired) electrons. The van der Waals surface area contributed by atoms with Crippen LogP contribution in [0, 0.1) is 0 Å². The number of nitrogens with zero attached hydrogens (tertiary/aromatic N) is 8. The van der Waals surface area contributed by atoms with Crippen molar-refractivity contribution in [1.82, 2.24) is 37.4 Å². The van der Waals surface area contributed by atoms with Gasteiger partial charge in [-0.1, -0.05) is 74.3 Å². The second-order valence-electron chi connectivity index (χ2n) is 15.6. The first-order valence-electron chi connectivity index (χ1n) is 21.4. The Hall–Kier alpha value is -6.21. The Bertz CT molecular complexity index is 3400. The summed E-state index contributed by atoms with van der Waals surface area (Å²) in [4.78, 5) is 71.8. The minimum atomic E-state index is -0.490. The van der Waals surface area contributed by atoms with Gasteiger partial charge >= 0.3 is 48.2 Å². The summed E-state index contributed by atoms with van der Waals surface area (Å²) in [7, 11) is 5.97. The number of carbonyl (C=O) groups is 1. The number of aromatic nitrogens is 8. The zero-order valence-corrected chi connectivity index (χ0v) is 42.6. The topological polar surface area (TPSA) is 198 Å². The fraction of sp³-hybridized carbons (Fsp3) is 0.271. The molecule has 1 aliphatic rings. The zero-order valence-electron chi connectivity index (χ0n) is 40.4. The number of hydrogen-bond donors (Lipinski definition) is 1. The van der Waals surface area contributed by atoms with E-state index < -0.39 is 28.5 Å². The fourth-order valence-electron chi connectivity index (χ4n) is 7.27. The third kappa shape index (κ3) is 12.4. The molecule has 9 rings (SSSR count). The molecule has 1 aliphatic heterocycles. The number of halogens is 2. The molecule has 0 atom stereocenters. The van der Waals surface area contributed by atoms with Crippen LogP contribution in [0.1, 0.15) is 48.2 Å². The molecule has 1 N–H and O–H groups in total. The third-order valence-electron chi connectivity index (χ3n) is 10.8. The van der Waals surface area contributed by atoms with E-state index in [4.69, 9.17) is 18.9 Å². The quantitative estimate of drug-likeness (QED) is 0.147. The Kier molecular flexibility index (Phi) is 19.2. The number of aryl methyl sites for hydroxylation is 2. The van der Waals surface area contributed by atoms with Gasteiger partial charge in [0.25, 0.3) is 11.1 Å². The molecule has 4 aromatic carbocycles. The van der Waals surface area contributed by atoms with Crippen LogP contribution in [0.3, 0.4) is 0 Å². The summed E-state index contributed by atoms with van der Waals surface area (Å²) in [5, 5.41) is 9.39. The van der Waals surface area contributed by atoms with Crippen LogP contribution < -0.4 is 50.8 Å². The summed E-state index contributed by atoms with van der Waals surface area (Å²) in [5.41, 5.74) is 1.89. The maximum Gasteiger partial charge on any atom is 1.00 e. The van der Waals surface area contributed by atoms with Crippen LogP contribution >= 0.6 is 31.9 Å². The number of benzene rings is 4. The number of hydrogen-bond acceptors (Lipinski definition) is 12. The molecule has 18 nitrogen and oxygen atoms in total.